The summed E-state index contributed by atoms with van der Waals surface area (Å²) in [5.41, 5.74) is 0.905. The first-order valence-electron chi connectivity index (χ1n) is 7.68. The van der Waals surface area contributed by atoms with E-state index in [9.17, 15) is 4.39 Å². The summed E-state index contributed by atoms with van der Waals surface area (Å²) in [5, 5.41) is 3.45. The molecule has 23 heavy (non-hydrogen) atoms. The Morgan fingerprint density at radius 1 is 1.30 bits per heavy atom. The van der Waals surface area contributed by atoms with Crippen LogP contribution in [-0.4, -0.2) is 53.1 Å². The molecule has 3 heterocycles. The van der Waals surface area contributed by atoms with Crippen LogP contribution in [0.5, 0.6) is 0 Å². The molecule has 1 fully saturated rings. The number of hydrogen-bond acceptors (Lipinski definition) is 6. The third-order valence-electron chi connectivity index (χ3n) is 3.90. The molecule has 6 nitrogen and oxygen atoms in total. The second kappa shape index (κ2) is 6.87. The monoisotopic (exact) mass is 316 g/mol. The number of nitrogens with zero attached hydrogens (tertiary/aromatic N) is 5. The Morgan fingerprint density at radius 3 is 2.96 bits per heavy atom. The largest absolute Gasteiger partial charge is 0.366 e. The number of hydrogen-bond donors (Lipinski definition) is 1. The number of halogens is 1. The third-order valence-corrected chi connectivity index (χ3v) is 3.90. The van der Waals surface area contributed by atoms with E-state index in [2.05, 4.69) is 25.2 Å². The van der Waals surface area contributed by atoms with Gasteiger partial charge in [0.05, 0.1) is 6.20 Å². The molecule has 0 bridgehead atoms. The second-order valence-corrected chi connectivity index (χ2v) is 6.03. The van der Waals surface area contributed by atoms with Gasteiger partial charge in [-0.3, -0.25) is 9.88 Å². The number of anilines is 2. The van der Waals surface area contributed by atoms with Crippen LogP contribution in [0.25, 0.3) is 0 Å². The molecule has 1 N–H and O–H groups in total. The van der Waals surface area contributed by atoms with Crippen LogP contribution in [-0.2, 0) is 6.54 Å². The van der Waals surface area contributed by atoms with Crippen molar-refractivity contribution in [2.75, 3.05) is 37.4 Å². The van der Waals surface area contributed by atoms with Crippen LogP contribution in [0.1, 0.15) is 12.0 Å². The quantitative estimate of drug-likeness (QED) is 0.907. The predicted octanol–water partition coefficient (Wildman–Crippen LogP) is 1.76. The standard InChI is InChI=1S/C16H21FN6/c1-22(2)16-6-15(19-11-20-16)21-14-3-4-23(10-14)9-12-5-13(17)8-18-7-12/h5-8,11,14H,3-4,9-10H2,1-2H3,(H,19,20,21). The molecule has 0 amide bonds. The van der Waals surface area contributed by atoms with Gasteiger partial charge in [-0.15, -0.1) is 0 Å². The first-order chi connectivity index (χ1) is 11.1. The van der Waals surface area contributed by atoms with Gasteiger partial charge in [-0.25, -0.2) is 14.4 Å². The molecule has 122 valence electrons. The van der Waals surface area contributed by atoms with Gasteiger partial charge >= 0.3 is 0 Å². The van der Waals surface area contributed by atoms with Crippen molar-refractivity contribution in [2.24, 2.45) is 0 Å². The lowest BCUT2D eigenvalue weighted by atomic mass is 10.2. The van der Waals surface area contributed by atoms with Gasteiger partial charge in [0.1, 0.15) is 23.8 Å². The molecule has 0 saturated carbocycles. The summed E-state index contributed by atoms with van der Waals surface area (Å²) in [7, 11) is 3.91. The highest BCUT2D eigenvalue weighted by atomic mass is 19.1. The maximum Gasteiger partial charge on any atom is 0.141 e. The van der Waals surface area contributed by atoms with Crippen LogP contribution < -0.4 is 10.2 Å². The molecule has 2 aromatic heterocycles. The van der Waals surface area contributed by atoms with Crippen LogP contribution in [0.3, 0.4) is 0 Å². The van der Waals surface area contributed by atoms with Crippen molar-refractivity contribution in [1.29, 1.82) is 0 Å². The minimum Gasteiger partial charge on any atom is -0.366 e. The first-order valence-corrected chi connectivity index (χ1v) is 7.68. The fourth-order valence-corrected chi connectivity index (χ4v) is 2.77. The minimum absolute atomic E-state index is 0.284. The SMILES string of the molecule is CN(C)c1cc(NC2CCN(Cc3cncc(F)c3)C2)ncn1. The molecule has 2 aromatic rings. The van der Waals surface area contributed by atoms with E-state index in [4.69, 9.17) is 0 Å². The molecule has 7 heteroatoms. The van der Waals surface area contributed by atoms with E-state index in [-0.39, 0.29) is 5.82 Å². The van der Waals surface area contributed by atoms with E-state index >= 15 is 0 Å². The molecule has 1 aliphatic heterocycles. The Kier molecular flexibility index (Phi) is 4.66. The van der Waals surface area contributed by atoms with Crippen molar-refractivity contribution in [2.45, 2.75) is 19.0 Å². The van der Waals surface area contributed by atoms with Crippen LogP contribution >= 0.6 is 0 Å². The molecule has 1 aliphatic rings. The van der Waals surface area contributed by atoms with E-state index in [1.807, 2.05) is 25.1 Å². The lowest BCUT2D eigenvalue weighted by Crippen LogP contribution is -2.26. The summed E-state index contributed by atoms with van der Waals surface area (Å²) in [4.78, 5) is 16.6. The fourth-order valence-electron chi connectivity index (χ4n) is 2.77. The van der Waals surface area contributed by atoms with Crippen LogP contribution in [0, 0.1) is 5.82 Å². The smallest absolute Gasteiger partial charge is 0.141 e. The average Bonchev–Trinajstić information content (AvgIpc) is 2.94. The second-order valence-electron chi connectivity index (χ2n) is 6.03. The zero-order valence-corrected chi connectivity index (χ0v) is 13.4. The number of nitrogens with one attached hydrogen (secondary N) is 1. The lowest BCUT2D eigenvalue weighted by Gasteiger charge is -2.18. The van der Waals surface area contributed by atoms with Crippen LogP contribution in [0.2, 0.25) is 0 Å². The molecule has 0 aliphatic carbocycles. The van der Waals surface area contributed by atoms with Gasteiger partial charge in [0, 0.05) is 52.0 Å². The Bertz CT molecular complexity index is 663. The average molecular weight is 316 g/mol. The van der Waals surface area contributed by atoms with E-state index in [1.165, 1.54) is 6.20 Å². The molecule has 0 spiro atoms. The van der Waals surface area contributed by atoms with Gasteiger partial charge in [-0.2, -0.15) is 0 Å². The Hall–Kier alpha value is -2.28. The van der Waals surface area contributed by atoms with Crippen molar-refractivity contribution in [3.05, 3.63) is 42.2 Å². The van der Waals surface area contributed by atoms with Crippen molar-refractivity contribution >= 4 is 11.6 Å². The summed E-state index contributed by atoms with van der Waals surface area (Å²) >= 11 is 0. The van der Waals surface area contributed by atoms with Gasteiger partial charge in [-0.1, -0.05) is 0 Å². The van der Waals surface area contributed by atoms with E-state index < -0.39 is 0 Å². The number of likely N-dealkylation sites (tertiary alicyclic amines) is 1. The topological polar surface area (TPSA) is 57.2 Å². The predicted molar refractivity (Wildman–Crippen MR) is 87.9 cm³/mol. The molecular weight excluding hydrogens is 295 g/mol. The fraction of sp³-hybridized carbons (Fsp3) is 0.438. The minimum atomic E-state index is -0.284. The molecule has 0 radical (unpaired) electrons. The van der Waals surface area contributed by atoms with Crippen molar-refractivity contribution < 1.29 is 4.39 Å². The summed E-state index contributed by atoms with van der Waals surface area (Å²) < 4.78 is 13.2. The number of rotatable bonds is 5. The summed E-state index contributed by atoms with van der Waals surface area (Å²) in [5.74, 6) is 1.43. The van der Waals surface area contributed by atoms with Gasteiger partial charge in [-0.05, 0) is 18.1 Å². The Morgan fingerprint density at radius 2 is 2.17 bits per heavy atom. The highest BCUT2D eigenvalue weighted by Gasteiger charge is 2.23. The van der Waals surface area contributed by atoms with Crippen LogP contribution in [0.4, 0.5) is 16.0 Å². The zero-order valence-electron chi connectivity index (χ0n) is 13.4. The van der Waals surface area contributed by atoms with Gasteiger partial charge in [0.25, 0.3) is 0 Å². The van der Waals surface area contributed by atoms with E-state index in [1.54, 1.807) is 18.6 Å². The van der Waals surface area contributed by atoms with Gasteiger partial charge < -0.3 is 10.2 Å². The summed E-state index contributed by atoms with van der Waals surface area (Å²) in [6.45, 7) is 2.59. The Balaban J connectivity index is 1.56. The van der Waals surface area contributed by atoms with E-state index in [0.29, 0.717) is 6.04 Å². The van der Waals surface area contributed by atoms with E-state index in [0.717, 1.165) is 43.3 Å². The molecule has 1 unspecified atom stereocenters. The number of pyridine rings is 1. The maximum atomic E-state index is 13.2. The number of aromatic nitrogens is 3. The van der Waals surface area contributed by atoms with Crippen LogP contribution in [0.15, 0.2) is 30.9 Å². The molecular formula is C16H21FN6. The summed E-state index contributed by atoms with van der Waals surface area (Å²) in [6.07, 6.45) is 5.56. The lowest BCUT2D eigenvalue weighted by molar-refractivity contribution is 0.327. The maximum absolute atomic E-state index is 13.2. The van der Waals surface area contributed by atoms with Crippen molar-refractivity contribution in [3.8, 4) is 0 Å². The molecule has 3 rings (SSSR count). The summed E-state index contributed by atoms with van der Waals surface area (Å²) in [6, 6.07) is 3.82. The zero-order chi connectivity index (χ0) is 16.2. The normalized spacial score (nSPS) is 18.1. The first kappa shape index (κ1) is 15.6. The molecule has 1 atom stereocenters. The van der Waals surface area contributed by atoms with Gasteiger partial charge in [0.15, 0.2) is 0 Å². The molecule has 0 aromatic carbocycles. The molecule has 1 saturated heterocycles. The highest BCUT2D eigenvalue weighted by Crippen LogP contribution is 2.18. The highest BCUT2D eigenvalue weighted by molar-refractivity contribution is 5.48. The third kappa shape index (κ3) is 4.13. The van der Waals surface area contributed by atoms with Crippen molar-refractivity contribution in [3.63, 3.8) is 0 Å². The Labute approximate surface area is 135 Å². The van der Waals surface area contributed by atoms with Gasteiger partial charge in [0.2, 0.25) is 0 Å². The van der Waals surface area contributed by atoms with Crippen molar-refractivity contribution in [1.82, 2.24) is 19.9 Å².